The Kier molecular flexibility index (Phi) is 6.27. The largest absolute Gasteiger partial charge is 0.507 e. The quantitative estimate of drug-likeness (QED) is 0.202. The summed E-state index contributed by atoms with van der Waals surface area (Å²) in [6, 6.07) is 26.3. The van der Waals surface area contributed by atoms with Crippen LogP contribution >= 0.6 is 0 Å². The third kappa shape index (κ3) is 4.23. The van der Waals surface area contributed by atoms with Crippen molar-refractivity contribution in [2.45, 2.75) is 20.0 Å². The summed E-state index contributed by atoms with van der Waals surface area (Å²) >= 11 is 0. The minimum Gasteiger partial charge on any atom is -0.507 e. The van der Waals surface area contributed by atoms with Crippen LogP contribution in [0.5, 0.6) is 5.75 Å². The number of fused-ring (bicyclic) bond motifs is 2. The minimum atomic E-state index is -1.16. The lowest BCUT2D eigenvalue weighted by molar-refractivity contribution is 0.0693. The van der Waals surface area contributed by atoms with Gasteiger partial charge in [-0.15, -0.1) is 0 Å². The lowest BCUT2D eigenvalue weighted by atomic mass is 9.95. The highest BCUT2D eigenvalue weighted by molar-refractivity contribution is 6.22. The molecule has 6 nitrogen and oxygen atoms in total. The smallest absolute Gasteiger partial charge is 0.339 e. The topological polar surface area (TPSA) is 91.6 Å². The lowest BCUT2D eigenvalue weighted by Gasteiger charge is -2.11. The molecule has 0 radical (unpaired) electrons. The second-order valence-corrected chi connectivity index (χ2v) is 8.82. The first kappa shape index (κ1) is 23.3. The number of rotatable bonds is 8. The lowest BCUT2D eigenvalue weighted by Crippen LogP contribution is -2.20. The van der Waals surface area contributed by atoms with Gasteiger partial charge in [0.1, 0.15) is 11.3 Å². The molecule has 0 aliphatic rings. The van der Waals surface area contributed by atoms with Gasteiger partial charge in [0.25, 0.3) is 0 Å². The van der Waals surface area contributed by atoms with Crippen LogP contribution in [0.2, 0.25) is 0 Å². The molecule has 0 spiro atoms. The molecule has 5 aromatic rings. The number of nitrogens with zero attached hydrogens (tertiary/aromatic N) is 1. The van der Waals surface area contributed by atoms with Crippen molar-refractivity contribution in [3.63, 3.8) is 0 Å². The molecule has 3 N–H and O–H groups in total. The van der Waals surface area contributed by atoms with Gasteiger partial charge in [-0.3, -0.25) is 4.79 Å². The van der Waals surface area contributed by atoms with Gasteiger partial charge in [0.05, 0.1) is 5.56 Å². The van der Waals surface area contributed by atoms with E-state index in [2.05, 4.69) is 9.88 Å². The van der Waals surface area contributed by atoms with E-state index in [1.54, 1.807) is 6.07 Å². The number of carboxylic acid groups (broad SMARTS) is 1. The van der Waals surface area contributed by atoms with Crippen LogP contribution in [-0.2, 0) is 13.1 Å². The second kappa shape index (κ2) is 9.68. The summed E-state index contributed by atoms with van der Waals surface area (Å²) in [6.45, 7) is 3.70. The Morgan fingerprint density at radius 2 is 1.58 bits per heavy atom. The van der Waals surface area contributed by atoms with E-state index < -0.39 is 5.97 Å². The molecule has 5 rings (SSSR count). The van der Waals surface area contributed by atoms with E-state index in [-0.39, 0.29) is 17.1 Å². The number of carbonyl (C=O) groups excluding carboxylic acids is 1. The van der Waals surface area contributed by atoms with Crippen molar-refractivity contribution in [1.29, 1.82) is 0 Å². The third-order valence-electron chi connectivity index (χ3n) is 6.62. The number of hydrogen-bond acceptors (Lipinski definition) is 4. The van der Waals surface area contributed by atoms with Gasteiger partial charge in [0, 0.05) is 41.8 Å². The summed E-state index contributed by atoms with van der Waals surface area (Å²) in [5, 5.41) is 25.2. The Morgan fingerprint density at radius 1 is 0.861 bits per heavy atom. The molecule has 0 unspecified atom stereocenters. The standard InChI is InChI=1S/C30H26N2O4/c1-19-28(29(34)23-11-6-8-21-7-2-3-9-22(21)23)24-10-4-5-12-26(24)32(19)16-15-31-18-20-13-14-27(33)25(17-20)30(35)36/h2-14,17,31,33H,15-16,18H2,1H3,(H,35,36). The maximum absolute atomic E-state index is 13.8. The van der Waals surface area contributed by atoms with Crippen LogP contribution in [0.4, 0.5) is 0 Å². The van der Waals surface area contributed by atoms with Crippen molar-refractivity contribution >= 4 is 33.4 Å². The van der Waals surface area contributed by atoms with Crippen molar-refractivity contribution in [3.05, 3.63) is 113 Å². The number of aromatic nitrogens is 1. The predicted octanol–water partition coefficient (Wildman–Crippen LogP) is 5.53. The number of para-hydroxylation sites is 1. The number of nitrogens with one attached hydrogen (secondary N) is 1. The highest BCUT2D eigenvalue weighted by Gasteiger charge is 2.22. The molecule has 0 aliphatic heterocycles. The zero-order valence-corrected chi connectivity index (χ0v) is 19.9. The molecule has 0 saturated carbocycles. The van der Waals surface area contributed by atoms with Crippen molar-refractivity contribution in [1.82, 2.24) is 9.88 Å². The van der Waals surface area contributed by atoms with Crippen LogP contribution in [0.1, 0.15) is 37.5 Å². The first-order valence-electron chi connectivity index (χ1n) is 11.8. The molecule has 0 amide bonds. The number of aromatic hydroxyl groups is 1. The molecule has 36 heavy (non-hydrogen) atoms. The molecule has 6 heteroatoms. The molecule has 0 fully saturated rings. The number of hydrogen-bond donors (Lipinski definition) is 3. The zero-order chi connectivity index (χ0) is 25.2. The highest BCUT2D eigenvalue weighted by atomic mass is 16.4. The van der Waals surface area contributed by atoms with E-state index in [0.29, 0.717) is 30.8 Å². The molecule has 180 valence electrons. The van der Waals surface area contributed by atoms with Gasteiger partial charge in [-0.1, -0.05) is 66.7 Å². The summed E-state index contributed by atoms with van der Waals surface area (Å²) in [7, 11) is 0. The van der Waals surface area contributed by atoms with Crippen LogP contribution in [0.25, 0.3) is 21.7 Å². The van der Waals surface area contributed by atoms with Gasteiger partial charge >= 0.3 is 5.97 Å². The Morgan fingerprint density at radius 3 is 2.39 bits per heavy atom. The number of benzene rings is 4. The van der Waals surface area contributed by atoms with Crippen LogP contribution in [0, 0.1) is 6.92 Å². The average molecular weight is 479 g/mol. The molecule has 1 heterocycles. The van der Waals surface area contributed by atoms with Gasteiger partial charge < -0.3 is 20.1 Å². The predicted molar refractivity (Wildman–Crippen MR) is 141 cm³/mol. The molecule has 0 aliphatic carbocycles. The fraction of sp³-hybridized carbons (Fsp3) is 0.133. The first-order valence-corrected chi connectivity index (χ1v) is 11.8. The molecular weight excluding hydrogens is 452 g/mol. The van der Waals surface area contributed by atoms with Crippen LogP contribution < -0.4 is 5.32 Å². The van der Waals surface area contributed by atoms with E-state index in [1.807, 2.05) is 73.7 Å². The number of carbonyl (C=O) groups is 2. The number of ketones is 1. The number of phenols is 1. The summed E-state index contributed by atoms with van der Waals surface area (Å²) in [5.74, 6) is -1.39. The fourth-order valence-electron chi connectivity index (χ4n) is 4.85. The van der Waals surface area contributed by atoms with Crippen molar-refractivity contribution in [2.24, 2.45) is 0 Å². The fourth-order valence-corrected chi connectivity index (χ4v) is 4.85. The van der Waals surface area contributed by atoms with E-state index in [9.17, 15) is 19.8 Å². The van der Waals surface area contributed by atoms with E-state index in [4.69, 9.17) is 0 Å². The van der Waals surface area contributed by atoms with Gasteiger partial charge in [-0.05, 0) is 41.5 Å². The summed E-state index contributed by atoms with van der Waals surface area (Å²) in [5.41, 5.74) is 3.97. The Hall–Kier alpha value is -4.42. The van der Waals surface area contributed by atoms with Crippen LogP contribution in [0.3, 0.4) is 0 Å². The van der Waals surface area contributed by atoms with Crippen LogP contribution in [0.15, 0.2) is 84.9 Å². The summed E-state index contributed by atoms with van der Waals surface area (Å²) < 4.78 is 2.15. The SMILES string of the molecule is Cc1c(C(=O)c2cccc3ccccc23)c2ccccc2n1CCNCc1ccc(O)c(C(=O)O)c1. The molecule has 0 bridgehead atoms. The van der Waals surface area contributed by atoms with Crippen molar-refractivity contribution < 1.29 is 19.8 Å². The highest BCUT2D eigenvalue weighted by Crippen LogP contribution is 2.30. The molecular formula is C30H26N2O4. The third-order valence-corrected chi connectivity index (χ3v) is 6.62. The van der Waals surface area contributed by atoms with Crippen molar-refractivity contribution in [2.75, 3.05) is 6.54 Å². The number of carboxylic acids is 1. The van der Waals surface area contributed by atoms with Gasteiger partial charge in [0.2, 0.25) is 0 Å². The molecule has 4 aromatic carbocycles. The maximum Gasteiger partial charge on any atom is 0.339 e. The van der Waals surface area contributed by atoms with E-state index in [0.717, 1.165) is 32.9 Å². The van der Waals surface area contributed by atoms with E-state index >= 15 is 0 Å². The summed E-state index contributed by atoms with van der Waals surface area (Å²) in [4.78, 5) is 25.1. The molecule has 0 saturated heterocycles. The van der Waals surface area contributed by atoms with E-state index in [1.165, 1.54) is 12.1 Å². The molecule has 1 aromatic heterocycles. The van der Waals surface area contributed by atoms with Gasteiger partial charge in [0.15, 0.2) is 5.78 Å². The molecule has 0 atom stereocenters. The first-order chi connectivity index (χ1) is 17.5. The summed E-state index contributed by atoms with van der Waals surface area (Å²) in [6.07, 6.45) is 0. The minimum absolute atomic E-state index is 0.0116. The Labute approximate surface area is 208 Å². The Balaban J connectivity index is 1.41. The van der Waals surface area contributed by atoms with Crippen molar-refractivity contribution in [3.8, 4) is 5.75 Å². The normalized spacial score (nSPS) is 11.2. The Bertz CT molecular complexity index is 1610. The number of aromatic carboxylic acids is 1. The zero-order valence-electron chi connectivity index (χ0n) is 19.9. The van der Waals surface area contributed by atoms with Crippen LogP contribution in [-0.4, -0.2) is 33.1 Å². The van der Waals surface area contributed by atoms with Gasteiger partial charge in [-0.25, -0.2) is 4.79 Å². The van der Waals surface area contributed by atoms with Gasteiger partial charge in [-0.2, -0.15) is 0 Å². The second-order valence-electron chi connectivity index (χ2n) is 8.82. The maximum atomic E-state index is 13.8. The monoisotopic (exact) mass is 478 g/mol. The average Bonchev–Trinajstić information content (AvgIpc) is 3.17.